The van der Waals surface area contributed by atoms with Crippen molar-refractivity contribution in [3.8, 4) is 0 Å². The lowest BCUT2D eigenvalue weighted by molar-refractivity contribution is -0.230. The molecule has 3 heteroatoms. The van der Waals surface area contributed by atoms with Gasteiger partial charge in [-0.2, -0.15) is 0 Å². The van der Waals surface area contributed by atoms with E-state index in [-0.39, 0.29) is 6.29 Å². The van der Waals surface area contributed by atoms with Crippen LogP contribution in [0.5, 0.6) is 0 Å². The molecular formula is C16H29FO2. The van der Waals surface area contributed by atoms with E-state index < -0.39 is 6.17 Å². The molecule has 2 aliphatic rings. The fourth-order valence-electron chi connectivity index (χ4n) is 3.21. The fraction of sp³-hybridized carbons (Fsp3) is 1.00. The minimum absolute atomic E-state index is 0.0561. The van der Waals surface area contributed by atoms with Crippen molar-refractivity contribution >= 4 is 0 Å². The van der Waals surface area contributed by atoms with Gasteiger partial charge in [-0.25, -0.2) is 4.39 Å². The van der Waals surface area contributed by atoms with Gasteiger partial charge in [0.05, 0.1) is 13.2 Å². The van der Waals surface area contributed by atoms with E-state index in [0.717, 1.165) is 26.1 Å². The standard InChI is InChI=1S/C16H29FO2/c1-2-3-4-5-6-13-11-18-16(19-12-13)14-7-9-15(17)10-8-14/h13-16H,2-12H2,1H3. The number of hydrogen-bond acceptors (Lipinski definition) is 2. The van der Waals surface area contributed by atoms with Gasteiger partial charge in [0.25, 0.3) is 0 Å². The maximum Gasteiger partial charge on any atom is 0.160 e. The van der Waals surface area contributed by atoms with Crippen LogP contribution in [-0.2, 0) is 9.47 Å². The molecule has 0 spiro atoms. The molecule has 1 aliphatic heterocycles. The van der Waals surface area contributed by atoms with Crippen molar-refractivity contribution in [2.45, 2.75) is 77.2 Å². The van der Waals surface area contributed by atoms with Gasteiger partial charge >= 0.3 is 0 Å². The summed E-state index contributed by atoms with van der Waals surface area (Å²) in [6, 6.07) is 0. The Morgan fingerprint density at radius 2 is 1.63 bits per heavy atom. The van der Waals surface area contributed by atoms with Crippen LogP contribution >= 0.6 is 0 Å². The van der Waals surface area contributed by atoms with Gasteiger partial charge in [0, 0.05) is 11.8 Å². The molecule has 19 heavy (non-hydrogen) atoms. The van der Waals surface area contributed by atoms with E-state index in [4.69, 9.17) is 9.47 Å². The van der Waals surface area contributed by atoms with Crippen LogP contribution in [-0.4, -0.2) is 25.7 Å². The molecule has 1 heterocycles. The summed E-state index contributed by atoms with van der Waals surface area (Å²) in [4.78, 5) is 0. The lowest BCUT2D eigenvalue weighted by Crippen LogP contribution is -2.38. The number of alkyl halides is 1. The largest absolute Gasteiger partial charge is 0.352 e. The minimum Gasteiger partial charge on any atom is -0.352 e. The molecular weight excluding hydrogens is 243 g/mol. The zero-order valence-electron chi connectivity index (χ0n) is 12.3. The maximum absolute atomic E-state index is 13.1. The highest BCUT2D eigenvalue weighted by molar-refractivity contribution is 4.76. The van der Waals surface area contributed by atoms with Crippen molar-refractivity contribution in [3.63, 3.8) is 0 Å². The van der Waals surface area contributed by atoms with Gasteiger partial charge in [0.15, 0.2) is 6.29 Å². The highest BCUT2D eigenvalue weighted by Crippen LogP contribution is 2.32. The number of hydrogen-bond donors (Lipinski definition) is 0. The molecule has 1 aliphatic carbocycles. The Labute approximate surface area is 117 Å². The lowest BCUT2D eigenvalue weighted by Gasteiger charge is -2.36. The lowest BCUT2D eigenvalue weighted by atomic mass is 9.87. The molecule has 0 radical (unpaired) electrons. The first-order valence-corrected chi connectivity index (χ1v) is 8.17. The summed E-state index contributed by atoms with van der Waals surface area (Å²) >= 11 is 0. The highest BCUT2D eigenvalue weighted by atomic mass is 19.1. The smallest absolute Gasteiger partial charge is 0.160 e. The van der Waals surface area contributed by atoms with Gasteiger partial charge < -0.3 is 9.47 Å². The summed E-state index contributed by atoms with van der Waals surface area (Å²) in [6.07, 6.45) is 9.05. The summed E-state index contributed by atoms with van der Waals surface area (Å²) in [5.41, 5.74) is 0. The Hall–Kier alpha value is -0.150. The van der Waals surface area contributed by atoms with Gasteiger partial charge in [0.2, 0.25) is 0 Å². The van der Waals surface area contributed by atoms with Gasteiger partial charge in [-0.15, -0.1) is 0 Å². The molecule has 0 aromatic heterocycles. The quantitative estimate of drug-likeness (QED) is 0.664. The second-order valence-corrected chi connectivity index (χ2v) is 6.26. The topological polar surface area (TPSA) is 18.5 Å². The SMILES string of the molecule is CCCCCCC1COC(C2CCC(F)CC2)OC1. The van der Waals surface area contributed by atoms with Crippen LogP contribution in [0.15, 0.2) is 0 Å². The van der Waals surface area contributed by atoms with Gasteiger partial charge in [0.1, 0.15) is 6.17 Å². The van der Waals surface area contributed by atoms with Gasteiger partial charge in [-0.3, -0.25) is 0 Å². The van der Waals surface area contributed by atoms with E-state index in [1.54, 1.807) is 0 Å². The number of ether oxygens (including phenoxy) is 2. The predicted octanol–water partition coefficient (Wildman–Crippen LogP) is 4.47. The Morgan fingerprint density at radius 1 is 0.947 bits per heavy atom. The highest BCUT2D eigenvalue weighted by Gasteiger charge is 2.32. The molecule has 0 N–H and O–H groups in total. The van der Waals surface area contributed by atoms with Crippen LogP contribution in [0.25, 0.3) is 0 Å². The van der Waals surface area contributed by atoms with E-state index in [2.05, 4.69) is 6.92 Å². The Bertz CT molecular complexity index is 231. The second-order valence-electron chi connectivity index (χ2n) is 6.26. The zero-order valence-corrected chi connectivity index (χ0v) is 12.3. The third-order valence-corrected chi connectivity index (χ3v) is 4.54. The van der Waals surface area contributed by atoms with Crippen LogP contribution < -0.4 is 0 Å². The summed E-state index contributed by atoms with van der Waals surface area (Å²) in [5.74, 6) is 0.999. The first-order chi connectivity index (χ1) is 9.29. The van der Waals surface area contributed by atoms with Crippen LogP contribution in [0.3, 0.4) is 0 Å². The average molecular weight is 272 g/mol. The summed E-state index contributed by atoms with van der Waals surface area (Å²) in [7, 11) is 0. The van der Waals surface area contributed by atoms with Crippen LogP contribution in [0, 0.1) is 11.8 Å². The molecule has 2 rings (SSSR count). The van der Waals surface area contributed by atoms with E-state index in [1.165, 1.54) is 32.1 Å². The number of rotatable bonds is 6. The average Bonchev–Trinajstić information content (AvgIpc) is 2.45. The molecule has 0 bridgehead atoms. The summed E-state index contributed by atoms with van der Waals surface area (Å²) in [5, 5.41) is 0. The van der Waals surface area contributed by atoms with E-state index in [1.807, 2.05) is 0 Å². The third kappa shape index (κ3) is 5.03. The van der Waals surface area contributed by atoms with Gasteiger partial charge in [-0.05, 0) is 32.1 Å². The van der Waals surface area contributed by atoms with Crippen molar-refractivity contribution in [3.05, 3.63) is 0 Å². The van der Waals surface area contributed by atoms with Crippen molar-refractivity contribution in [2.24, 2.45) is 11.8 Å². The fourth-order valence-corrected chi connectivity index (χ4v) is 3.21. The minimum atomic E-state index is -0.592. The molecule has 0 aromatic rings. The van der Waals surface area contributed by atoms with E-state index >= 15 is 0 Å². The summed E-state index contributed by atoms with van der Waals surface area (Å²) < 4.78 is 24.9. The molecule has 1 saturated carbocycles. The summed E-state index contributed by atoms with van der Waals surface area (Å²) in [6.45, 7) is 3.92. The third-order valence-electron chi connectivity index (χ3n) is 4.54. The van der Waals surface area contributed by atoms with Crippen molar-refractivity contribution in [1.82, 2.24) is 0 Å². The Kier molecular flexibility index (Phi) is 6.58. The van der Waals surface area contributed by atoms with Crippen molar-refractivity contribution < 1.29 is 13.9 Å². The number of unbranched alkanes of at least 4 members (excludes halogenated alkanes) is 3. The first kappa shape index (κ1) is 15.2. The molecule has 1 saturated heterocycles. The Balaban J connectivity index is 1.59. The molecule has 0 amide bonds. The maximum atomic E-state index is 13.1. The van der Waals surface area contributed by atoms with Crippen molar-refractivity contribution in [1.29, 1.82) is 0 Å². The van der Waals surface area contributed by atoms with Crippen LogP contribution in [0.1, 0.15) is 64.7 Å². The molecule has 0 aromatic carbocycles. The second kappa shape index (κ2) is 8.21. The number of halogens is 1. The normalized spacial score (nSPS) is 36.3. The van der Waals surface area contributed by atoms with Crippen molar-refractivity contribution in [2.75, 3.05) is 13.2 Å². The molecule has 2 nitrogen and oxygen atoms in total. The molecule has 112 valence electrons. The monoisotopic (exact) mass is 272 g/mol. The van der Waals surface area contributed by atoms with E-state index in [0.29, 0.717) is 24.7 Å². The molecule has 0 atom stereocenters. The van der Waals surface area contributed by atoms with Crippen LogP contribution in [0.2, 0.25) is 0 Å². The van der Waals surface area contributed by atoms with Crippen LogP contribution in [0.4, 0.5) is 4.39 Å². The molecule has 2 fully saturated rings. The predicted molar refractivity (Wildman–Crippen MR) is 74.8 cm³/mol. The Morgan fingerprint density at radius 3 is 2.26 bits per heavy atom. The zero-order chi connectivity index (χ0) is 13.5. The van der Waals surface area contributed by atoms with Gasteiger partial charge in [-0.1, -0.05) is 32.6 Å². The first-order valence-electron chi connectivity index (χ1n) is 8.17. The van der Waals surface area contributed by atoms with E-state index in [9.17, 15) is 4.39 Å². The molecule has 0 unspecified atom stereocenters.